The molecule has 1 aliphatic rings. The summed E-state index contributed by atoms with van der Waals surface area (Å²) in [4.78, 5) is 15.6. The van der Waals surface area contributed by atoms with E-state index in [1.807, 2.05) is 0 Å². The zero-order valence-corrected chi connectivity index (χ0v) is 19.3. The Morgan fingerprint density at radius 1 is 1.18 bits per heavy atom. The summed E-state index contributed by atoms with van der Waals surface area (Å²) < 4.78 is 64.8. The lowest BCUT2D eigenvalue weighted by Gasteiger charge is -2.35. The first-order valence-electron chi connectivity index (χ1n) is 10.8. The summed E-state index contributed by atoms with van der Waals surface area (Å²) in [5, 5.41) is 3.28. The van der Waals surface area contributed by atoms with E-state index < -0.39 is 17.6 Å². The van der Waals surface area contributed by atoms with Crippen LogP contribution in [0.25, 0.3) is 10.1 Å². The predicted molar refractivity (Wildman–Crippen MR) is 121 cm³/mol. The maximum Gasteiger partial charge on any atom is 0.416 e. The standard InChI is InChI=1S/C24H24F4N2O3S/c1-32-14-17-21-18(25)3-2-4-20(21)34-22(17)23(31)29-13-19(30-9-11-33-12-10-30)15-5-7-16(8-6-15)24(26,27)28/h2-8,19H,9-14H2,1H3,(H,29,31). The van der Waals surface area contributed by atoms with E-state index >= 15 is 0 Å². The van der Waals surface area contributed by atoms with Gasteiger partial charge in [-0.05, 0) is 29.8 Å². The lowest BCUT2D eigenvalue weighted by atomic mass is 10.0. The SMILES string of the molecule is COCc1c(C(=O)NCC(c2ccc(C(F)(F)F)cc2)N2CCOCC2)sc2cccc(F)c12. The van der Waals surface area contributed by atoms with Gasteiger partial charge in [0.15, 0.2) is 0 Å². The lowest BCUT2D eigenvalue weighted by molar-refractivity contribution is -0.137. The van der Waals surface area contributed by atoms with Crippen LogP contribution in [-0.2, 0) is 22.3 Å². The van der Waals surface area contributed by atoms with Crippen LogP contribution in [0.15, 0.2) is 42.5 Å². The second-order valence-corrected chi connectivity index (χ2v) is 9.00. The number of nitrogens with one attached hydrogen (secondary N) is 1. The summed E-state index contributed by atoms with van der Waals surface area (Å²) in [6.45, 7) is 2.43. The van der Waals surface area contributed by atoms with Gasteiger partial charge in [-0.3, -0.25) is 9.69 Å². The lowest BCUT2D eigenvalue weighted by Crippen LogP contribution is -2.43. The average Bonchev–Trinajstić information content (AvgIpc) is 3.20. The van der Waals surface area contributed by atoms with Crippen molar-refractivity contribution in [1.82, 2.24) is 10.2 Å². The molecule has 3 aromatic rings. The minimum absolute atomic E-state index is 0.0789. The van der Waals surface area contributed by atoms with Crippen molar-refractivity contribution in [3.8, 4) is 0 Å². The van der Waals surface area contributed by atoms with Crippen molar-refractivity contribution < 1.29 is 31.8 Å². The van der Waals surface area contributed by atoms with Crippen LogP contribution in [-0.4, -0.2) is 50.8 Å². The molecule has 0 bridgehead atoms. The molecule has 0 spiro atoms. The number of benzene rings is 2. The van der Waals surface area contributed by atoms with Gasteiger partial charge in [0, 0.05) is 42.4 Å². The van der Waals surface area contributed by atoms with Crippen LogP contribution in [0.4, 0.5) is 17.6 Å². The molecular formula is C24H24F4N2O3S. The van der Waals surface area contributed by atoms with Gasteiger partial charge in [0.1, 0.15) is 5.82 Å². The Labute approximate surface area is 198 Å². The number of amides is 1. The van der Waals surface area contributed by atoms with E-state index in [1.54, 1.807) is 12.1 Å². The number of methoxy groups -OCH3 is 1. The first-order chi connectivity index (χ1) is 16.3. The van der Waals surface area contributed by atoms with Crippen LogP contribution in [0.2, 0.25) is 0 Å². The topological polar surface area (TPSA) is 50.8 Å². The molecule has 0 saturated carbocycles. The molecule has 182 valence electrons. The molecule has 1 unspecified atom stereocenters. The smallest absolute Gasteiger partial charge is 0.380 e. The summed E-state index contributed by atoms with van der Waals surface area (Å²) in [6, 6.07) is 9.33. The third-order valence-corrected chi connectivity index (χ3v) is 7.02. The minimum atomic E-state index is -4.42. The molecule has 5 nitrogen and oxygen atoms in total. The van der Waals surface area contributed by atoms with E-state index in [-0.39, 0.29) is 25.1 Å². The van der Waals surface area contributed by atoms with Crippen LogP contribution in [0, 0.1) is 5.82 Å². The number of morpholine rings is 1. The van der Waals surface area contributed by atoms with Crippen molar-refractivity contribution >= 4 is 27.3 Å². The number of hydrogen-bond donors (Lipinski definition) is 1. The van der Waals surface area contributed by atoms with E-state index in [1.165, 1.54) is 36.6 Å². The highest BCUT2D eigenvalue weighted by Gasteiger charge is 2.31. The average molecular weight is 497 g/mol. The highest BCUT2D eigenvalue weighted by molar-refractivity contribution is 7.21. The molecule has 1 amide bonds. The minimum Gasteiger partial charge on any atom is -0.380 e. The molecule has 0 radical (unpaired) electrons. The summed E-state index contributed by atoms with van der Waals surface area (Å²) in [5.74, 6) is -0.798. The Kier molecular flexibility index (Phi) is 7.51. The van der Waals surface area contributed by atoms with Crippen LogP contribution in [0.3, 0.4) is 0 Å². The number of hydrogen-bond acceptors (Lipinski definition) is 5. The Bertz CT molecular complexity index is 1140. The fourth-order valence-electron chi connectivity index (χ4n) is 4.14. The maximum atomic E-state index is 14.5. The van der Waals surface area contributed by atoms with Crippen molar-refractivity contribution in [2.75, 3.05) is 40.0 Å². The predicted octanol–water partition coefficient (Wildman–Crippen LogP) is 5.01. The number of fused-ring (bicyclic) bond motifs is 1. The molecule has 4 rings (SSSR count). The molecular weight excluding hydrogens is 472 g/mol. The summed E-state index contributed by atoms with van der Waals surface area (Å²) in [7, 11) is 1.48. The summed E-state index contributed by atoms with van der Waals surface area (Å²) in [6.07, 6.45) is -4.42. The molecule has 10 heteroatoms. The fraction of sp³-hybridized carbons (Fsp3) is 0.375. The van der Waals surface area contributed by atoms with E-state index in [0.717, 1.165) is 12.1 Å². The zero-order chi connectivity index (χ0) is 24.3. The molecule has 2 heterocycles. The van der Waals surface area contributed by atoms with Crippen LogP contribution >= 0.6 is 11.3 Å². The number of ether oxygens (including phenoxy) is 2. The third-order valence-electron chi connectivity index (χ3n) is 5.82. The highest BCUT2D eigenvalue weighted by Crippen LogP contribution is 2.34. The molecule has 1 aromatic heterocycles. The Morgan fingerprint density at radius 2 is 1.88 bits per heavy atom. The molecule has 1 saturated heterocycles. The number of carbonyl (C=O) groups excluding carboxylic acids is 1. The number of thiophene rings is 1. The molecule has 2 aromatic carbocycles. The first-order valence-corrected chi connectivity index (χ1v) is 11.6. The highest BCUT2D eigenvalue weighted by atomic mass is 32.1. The van der Waals surface area contributed by atoms with Gasteiger partial charge in [-0.25, -0.2) is 4.39 Å². The Hall–Kier alpha value is -2.53. The number of carbonyl (C=O) groups is 1. The number of halogens is 4. The van der Waals surface area contributed by atoms with Crippen molar-refractivity contribution in [1.29, 1.82) is 0 Å². The van der Waals surface area contributed by atoms with Crippen molar-refractivity contribution in [2.24, 2.45) is 0 Å². The molecule has 1 aliphatic heterocycles. The van der Waals surface area contributed by atoms with Crippen LogP contribution < -0.4 is 5.32 Å². The van der Waals surface area contributed by atoms with Crippen LogP contribution in [0.5, 0.6) is 0 Å². The van der Waals surface area contributed by atoms with Crippen LogP contribution in [0.1, 0.15) is 32.4 Å². The van der Waals surface area contributed by atoms with Gasteiger partial charge in [0.25, 0.3) is 5.91 Å². The Balaban J connectivity index is 1.58. The quantitative estimate of drug-likeness (QED) is 0.468. The monoisotopic (exact) mass is 496 g/mol. The molecule has 1 N–H and O–H groups in total. The van der Waals surface area contributed by atoms with E-state index in [4.69, 9.17) is 9.47 Å². The molecule has 34 heavy (non-hydrogen) atoms. The normalized spacial score (nSPS) is 16.0. The van der Waals surface area contributed by atoms with Gasteiger partial charge >= 0.3 is 6.18 Å². The largest absolute Gasteiger partial charge is 0.416 e. The number of rotatable bonds is 7. The van der Waals surface area contributed by atoms with E-state index in [9.17, 15) is 22.4 Å². The van der Waals surface area contributed by atoms with Crippen molar-refractivity contribution in [3.05, 3.63) is 69.8 Å². The van der Waals surface area contributed by atoms with Gasteiger partial charge in [-0.15, -0.1) is 11.3 Å². The van der Waals surface area contributed by atoms with Gasteiger partial charge in [0.2, 0.25) is 0 Å². The van der Waals surface area contributed by atoms with Gasteiger partial charge < -0.3 is 14.8 Å². The summed E-state index contributed by atoms with van der Waals surface area (Å²) >= 11 is 1.18. The summed E-state index contributed by atoms with van der Waals surface area (Å²) in [5.41, 5.74) is 0.419. The number of nitrogens with zero attached hydrogens (tertiary/aromatic N) is 1. The Morgan fingerprint density at radius 3 is 2.53 bits per heavy atom. The fourth-order valence-corrected chi connectivity index (χ4v) is 5.28. The van der Waals surface area contributed by atoms with Gasteiger partial charge in [0.05, 0.1) is 36.3 Å². The van der Waals surface area contributed by atoms with Crippen molar-refractivity contribution in [3.63, 3.8) is 0 Å². The van der Waals surface area contributed by atoms with E-state index in [0.29, 0.717) is 52.4 Å². The second kappa shape index (κ2) is 10.4. The van der Waals surface area contributed by atoms with Crippen molar-refractivity contribution in [2.45, 2.75) is 18.8 Å². The third kappa shape index (κ3) is 5.25. The molecule has 1 atom stereocenters. The first kappa shape index (κ1) is 24.6. The maximum absolute atomic E-state index is 14.5. The van der Waals surface area contributed by atoms with E-state index in [2.05, 4.69) is 10.2 Å². The number of alkyl halides is 3. The molecule has 0 aliphatic carbocycles. The molecule has 1 fully saturated rings. The van der Waals surface area contributed by atoms with Gasteiger partial charge in [-0.2, -0.15) is 13.2 Å². The second-order valence-electron chi connectivity index (χ2n) is 7.95. The van der Waals surface area contributed by atoms with Gasteiger partial charge in [-0.1, -0.05) is 18.2 Å². The zero-order valence-electron chi connectivity index (χ0n) is 18.5.